The van der Waals surface area contributed by atoms with Crippen molar-refractivity contribution in [2.24, 2.45) is 0 Å². The Bertz CT molecular complexity index is 747. The molecule has 1 N–H and O–H groups in total. The van der Waals surface area contributed by atoms with E-state index in [1.165, 1.54) is 0 Å². The smallest absolute Gasteiger partial charge is 0.307 e. The highest BCUT2D eigenvalue weighted by molar-refractivity contribution is 5.76. The highest BCUT2D eigenvalue weighted by Gasteiger charge is 2.08. The van der Waals surface area contributed by atoms with Crippen LogP contribution in [0.3, 0.4) is 0 Å². The predicted molar refractivity (Wildman–Crippen MR) is 74.6 cm³/mol. The van der Waals surface area contributed by atoms with E-state index in [2.05, 4.69) is 4.98 Å². The van der Waals surface area contributed by atoms with Crippen LogP contribution in [-0.2, 0) is 17.6 Å². The van der Waals surface area contributed by atoms with Crippen LogP contribution in [0, 0.1) is 0 Å². The number of carboxylic acids is 1. The number of aromatic nitrogens is 1. The second-order valence-corrected chi connectivity index (χ2v) is 4.64. The zero-order chi connectivity index (χ0) is 13.9. The molecule has 3 aromatic rings. The lowest BCUT2D eigenvalue weighted by atomic mass is 10.1. The van der Waals surface area contributed by atoms with Gasteiger partial charge in [-0.3, -0.25) is 4.79 Å². The molecule has 0 aliphatic carbocycles. The van der Waals surface area contributed by atoms with Gasteiger partial charge >= 0.3 is 5.97 Å². The van der Waals surface area contributed by atoms with Crippen LogP contribution >= 0.6 is 0 Å². The molecule has 0 bridgehead atoms. The third kappa shape index (κ3) is 2.69. The fraction of sp³-hybridized carbons (Fsp3) is 0.125. The van der Waals surface area contributed by atoms with Crippen LogP contribution in [-0.4, -0.2) is 16.1 Å². The van der Waals surface area contributed by atoms with Gasteiger partial charge in [-0.05, 0) is 23.3 Å². The molecule has 0 amide bonds. The minimum Gasteiger partial charge on any atom is -0.481 e. The number of benzene rings is 2. The van der Waals surface area contributed by atoms with Crippen molar-refractivity contribution < 1.29 is 14.3 Å². The Morgan fingerprint density at radius 1 is 1.10 bits per heavy atom. The molecule has 4 nitrogen and oxygen atoms in total. The van der Waals surface area contributed by atoms with Crippen molar-refractivity contribution in [3.8, 4) is 0 Å². The second-order valence-electron chi connectivity index (χ2n) is 4.64. The first-order valence-electron chi connectivity index (χ1n) is 6.35. The minimum absolute atomic E-state index is 0.00316. The summed E-state index contributed by atoms with van der Waals surface area (Å²) in [7, 11) is 0. The summed E-state index contributed by atoms with van der Waals surface area (Å²) in [4.78, 5) is 15.1. The normalized spacial score (nSPS) is 10.8. The monoisotopic (exact) mass is 267 g/mol. The predicted octanol–water partition coefficient (Wildman–Crippen LogP) is 3.05. The van der Waals surface area contributed by atoms with Crippen molar-refractivity contribution in [2.45, 2.75) is 12.8 Å². The fourth-order valence-electron chi connectivity index (χ4n) is 2.15. The zero-order valence-electron chi connectivity index (χ0n) is 10.7. The maximum Gasteiger partial charge on any atom is 0.307 e. The molecule has 0 atom stereocenters. The van der Waals surface area contributed by atoms with Crippen LogP contribution in [0.15, 0.2) is 52.9 Å². The third-order valence-electron chi connectivity index (χ3n) is 3.05. The van der Waals surface area contributed by atoms with E-state index < -0.39 is 5.97 Å². The minimum atomic E-state index is -0.850. The molecular formula is C16H13NO3. The third-order valence-corrected chi connectivity index (χ3v) is 3.05. The van der Waals surface area contributed by atoms with Gasteiger partial charge in [-0.2, -0.15) is 0 Å². The molecule has 4 heteroatoms. The number of hydrogen-bond donors (Lipinski definition) is 1. The number of aliphatic carboxylic acids is 1. The average molecular weight is 267 g/mol. The second kappa shape index (κ2) is 5.17. The van der Waals surface area contributed by atoms with Gasteiger partial charge in [-0.25, -0.2) is 4.98 Å². The average Bonchev–Trinajstić information content (AvgIpc) is 2.80. The molecule has 2 aromatic carbocycles. The zero-order valence-corrected chi connectivity index (χ0v) is 10.7. The molecule has 0 aliphatic heterocycles. The molecule has 0 aliphatic rings. The summed E-state index contributed by atoms with van der Waals surface area (Å²) in [6.45, 7) is 0. The highest BCUT2D eigenvalue weighted by atomic mass is 16.4. The molecule has 0 saturated carbocycles. The highest BCUT2D eigenvalue weighted by Crippen LogP contribution is 2.19. The lowest BCUT2D eigenvalue weighted by Gasteiger charge is -1.94. The molecule has 20 heavy (non-hydrogen) atoms. The molecule has 0 radical (unpaired) electrons. The Hall–Kier alpha value is -2.62. The Morgan fingerprint density at radius 2 is 1.90 bits per heavy atom. The SMILES string of the molecule is O=C(O)Cc1ccc2oc(Cc3ccccc3)nc2c1. The number of rotatable bonds is 4. The molecule has 1 aromatic heterocycles. The van der Waals surface area contributed by atoms with Gasteiger partial charge < -0.3 is 9.52 Å². The molecule has 0 unspecified atom stereocenters. The topological polar surface area (TPSA) is 63.3 Å². The van der Waals surface area contributed by atoms with E-state index in [4.69, 9.17) is 9.52 Å². The number of oxazole rings is 1. The summed E-state index contributed by atoms with van der Waals surface area (Å²) in [6, 6.07) is 15.2. The van der Waals surface area contributed by atoms with E-state index in [9.17, 15) is 4.79 Å². The van der Waals surface area contributed by atoms with Gasteiger partial charge in [-0.15, -0.1) is 0 Å². The van der Waals surface area contributed by atoms with E-state index in [0.717, 1.165) is 11.1 Å². The molecule has 3 rings (SSSR count). The summed E-state index contributed by atoms with van der Waals surface area (Å²) >= 11 is 0. The van der Waals surface area contributed by atoms with Crippen molar-refractivity contribution in [1.29, 1.82) is 0 Å². The first kappa shape index (κ1) is 12.4. The van der Waals surface area contributed by atoms with Crippen LogP contribution in [0.1, 0.15) is 17.0 Å². The van der Waals surface area contributed by atoms with E-state index in [0.29, 0.717) is 23.4 Å². The number of carboxylic acid groups (broad SMARTS) is 1. The van der Waals surface area contributed by atoms with Crippen molar-refractivity contribution in [3.05, 3.63) is 65.5 Å². The summed E-state index contributed by atoms with van der Waals surface area (Å²) in [5, 5.41) is 8.80. The van der Waals surface area contributed by atoms with Crippen molar-refractivity contribution in [1.82, 2.24) is 4.98 Å². The number of fused-ring (bicyclic) bond motifs is 1. The Balaban J connectivity index is 1.88. The maximum absolute atomic E-state index is 10.7. The summed E-state index contributed by atoms with van der Waals surface area (Å²) in [6.07, 6.45) is 0.626. The summed E-state index contributed by atoms with van der Waals surface area (Å²) in [5.74, 6) is -0.212. The van der Waals surface area contributed by atoms with Crippen LogP contribution in [0.5, 0.6) is 0 Å². The lowest BCUT2D eigenvalue weighted by Crippen LogP contribution is -1.99. The van der Waals surface area contributed by atoms with Gasteiger partial charge in [0.15, 0.2) is 11.5 Å². The van der Waals surface area contributed by atoms with Crippen LogP contribution in [0.4, 0.5) is 0 Å². The Morgan fingerprint density at radius 3 is 2.65 bits per heavy atom. The Kier molecular flexibility index (Phi) is 3.21. The molecule has 0 spiro atoms. The first-order valence-corrected chi connectivity index (χ1v) is 6.35. The molecule has 0 saturated heterocycles. The van der Waals surface area contributed by atoms with Gasteiger partial charge in [-0.1, -0.05) is 36.4 Å². The first-order chi connectivity index (χ1) is 9.70. The standard InChI is InChI=1S/C16H13NO3/c18-16(19)10-12-6-7-14-13(8-12)17-15(20-14)9-11-4-2-1-3-5-11/h1-8H,9-10H2,(H,18,19). The fourth-order valence-corrected chi connectivity index (χ4v) is 2.15. The number of hydrogen-bond acceptors (Lipinski definition) is 3. The quantitative estimate of drug-likeness (QED) is 0.789. The summed E-state index contributed by atoms with van der Waals surface area (Å²) in [5.41, 5.74) is 3.24. The van der Waals surface area contributed by atoms with Crippen LogP contribution in [0.25, 0.3) is 11.1 Å². The van der Waals surface area contributed by atoms with Crippen molar-refractivity contribution in [3.63, 3.8) is 0 Å². The van der Waals surface area contributed by atoms with E-state index in [1.54, 1.807) is 18.2 Å². The lowest BCUT2D eigenvalue weighted by molar-refractivity contribution is -0.136. The maximum atomic E-state index is 10.7. The number of nitrogens with zero attached hydrogens (tertiary/aromatic N) is 1. The van der Waals surface area contributed by atoms with E-state index >= 15 is 0 Å². The van der Waals surface area contributed by atoms with Gasteiger partial charge in [0.05, 0.1) is 6.42 Å². The van der Waals surface area contributed by atoms with Gasteiger partial charge in [0.25, 0.3) is 0 Å². The Labute approximate surface area is 115 Å². The van der Waals surface area contributed by atoms with Crippen LogP contribution < -0.4 is 0 Å². The molecule has 0 fully saturated rings. The summed E-state index contributed by atoms with van der Waals surface area (Å²) < 4.78 is 5.67. The van der Waals surface area contributed by atoms with Crippen molar-refractivity contribution in [2.75, 3.05) is 0 Å². The molecule has 100 valence electrons. The van der Waals surface area contributed by atoms with Gasteiger partial charge in [0.2, 0.25) is 0 Å². The van der Waals surface area contributed by atoms with Gasteiger partial charge in [0, 0.05) is 6.42 Å². The van der Waals surface area contributed by atoms with E-state index in [1.807, 2.05) is 30.3 Å². The van der Waals surface area contributed by atoms with E-state index in [-0.39, 0.29) is 6.42 Å². The molecule has 1 heterocycles. The number of carbonyl (C=O) groups is 1. The van der Waals surface area contributed by atoms with Gasteiger partial charge in [0.1, 0.15) is 5.52 Å². The van der Waals surface area contributed by atoms with Crippen LogP contribution in [0.2, 0.25) is 0 Å². The largest absolute Gasteiger partial charge is 0.481 e. The van der Waals surface area contributed by atoms with Crippen molar-refractivity contribution >= 4 is 17.1 Å². The molecular weight excluding hydrogens is 254 g/mol.